The van der Waals surface area contributed by atoms with Crippen molar-refractivity contribution in [2.45, 2.75) is 31.9 Å². The van der Waals surface area contributed by atoms with Crippen LogP contribution in [0.5, 0.6) is 0 Å². The molecule has 0 saturated carbocycles. The molecule has 1 saturated heterocycles. The van der Waals surface area contributed by atoms with Gasteiger partial charge in [-0.05, 0) is 36.9 Å². The highest BCUT2D eigenvalue weighted by molar-refractivity contribution is 5.28. The van der Waals surface area contributed by atoms with Crippen molar-refractivity contribution in [3.05, 3.63) is 35.4 Å². The maximum atomic E-state index is 10.3. The molecule has 1 fully saturated rings. The fourth-order valence-electron chi connectivity index (χ4n) is 3.19. The molecule has 1 aromatic rings. The second-order valence-electron chi connectivity index (χ2n) is 5.80. The maximum absolute atomic E-state index is 10.3. The van der Waals surface area contributed by atoms with Crippen LogP contribution >= 0.6 is 0 Å². The summed E-state index contributed by atoms with van der Waals surface area (Å²) in [6, 6.07) is 8.70. The summed E-state index contributed by atoms with van der Waals surface area (Å²) < 4.78 is 5.37. The van der Waals surface area contributed by atoms with E-state index < -0.39 is 0 Å². The number of hydrogen-bond acceptors (Lipinski definition) is 3. The summed E-state index contributed by atoms with van der Waals surface area (Å²) in [5.41, 5.74) is 2.90. The smallest absolute Gasteiger partial charge is 0.0718 e. The summed E-state index contributed by atoms with van der Waals surface area (Å²) in [5.74, 6) is 0.332. The molecule has 3 rings (SSSR count). The van der Waals surface area contributed by atoms with Gasteiger partial charge in [0, 0.05) is 25.6 Å². The Kier molecular flexibility index (Phi) is 4.16. The van der Waals surface area contributed by atoms with Crippen LogP contribution < -0.4 is 0 Å². The van der Waals surface area contributed by atoms with Crippen LogP contribution in [0.25, 0.3) is 0 Å². The topological polar surface area (TPSA) is 32.7 Å². The number of β-amino-alcohol motifs (C(OH)–C–C–N with tert-alkyl or cyclic N) is 1. The van der Waals surface area contributed by atoms with Crippen molar-refractivity contribution in [2.75, 3.05) is 26.3 Å². The molecule has 3 nitrogen and oxygen atoms in total. The molecule has 2 atom stereocenters. The molecule has 0 bridgehead atoms. The minimum absolute atomic E-state index is 0.243. The molecule has 19 heavy (non-hydrogen) atoms. The van der Waals surface area contributed by atoms with E-state index in [1.807, 2.05) is 0 Å². The van der Waals surface area contributed by atoms with E-state index in [1.165, 1.54) is 17.5 Å². The van der Waals surface area contributed by atoms with Gasteiger partial charge < -0.3 is 9.84 Å². The number of aryl methyl sites for hydroxylation is 1. The first-order chi connectivity index (χ1) is 9.33. The lowest BCUT2D eigenvalue weighted by Gasteiger charge is -2.26. The number of aliphatic hydroxyl groups is 1. The third-order valence-electron chi connectivity index (χ3n) is 4.39. The molecule has 3 heteroatoms. The molecule has 2 heterocycles. The Morgan fingerprint density at radius 3 is 2.95 bits per heavy atom. The lowest BCUT2D eigenvalue weighted by Crippen LogP contribution is -2.36. The number of nitrogens with zero attached hydrogens (tertiary/aromatic N) is 1. The number of hydrogen-bond donors (Lipinski definition) is 1. The summed E-state index contributed by atoms with van der Waals surface area (Å²) in [4.78, 5) is 2.40. The third-order valence-corrected chi connectivity index (χ3v) is 4.39. The molecule has 0 aromatic heterocycles. The molecule has 1 aromatic carbocycles. The van der Waals surface area contributed by atoms with Crippen molar-refractivity contribution in [3.63, 3.8) is 0 Å². The van der Waals surface area contributed by atoms with E-state index in [2.05, 4.69) is 29.2 Å². The molecule has 0 amide bonds. The lowest BCUT2D eigenvalue weighted by atomic mass is 10.0. The molecule has 1 N–H and O–H groups in total. The van der Waals surface area contributed by atoms with Crippen molar-refractivity contribution < 1.29 is 9.84 Å². The van der Waals surface area contributed by atoms with Crippen molar-refractivity contribution >= 4 is 0 Å². The van der Waals surface area contributed by atoms with Gasteiger partial charge in [0.1, 0.15) is 0 Å². The third kappa shape index (κ3) is 3.16. The minimum Gasteiger partial charge on any atom is -0.391 e. The highest BCUT2D eigenvalue weighted by Gasteiger charge is 2.26. The Morgan fingerprint density at radius 2 is 2.16 bits per heavy atom. The van der Waals surface area contributed by atoms with E-state index >= 15 is 0 Å². The number of benzene rings is 1. The number of aliphatic hydroxyl groups excluding tert-OH is 1. The van der Waals surface area contributed by atoms with Gasteiger partial charge in [0.2, 0.25) is 0 Å². The van der Waals surface area contributed by atoms with Crippen LogP contribution in [0.4, 0.5) is 0 Å². The van der Waals surface area contributed by atoms with Gasteiger partial charge >= 0.3 is 0 Å². The molecule has 2 aliphatic heterocycles. The number of fused-ring (bicyclic) bond motifs is 1. The van der Waals surface area contributed by atoms with Crippen molar-refractivity contribution in [3.8, 4) is 0 Å². The van der Waals surface area contributed by atoms with Crippen LogP contribution in [0.15, 0.2) is 24.3 Å². The van der Waals surface area contributed by atoms with E-state index in [0.717, 1.165) is 45.7 Å². The maximum Gasteiger partial charge on any atom is 0.0718 e. The predicted molar refractivity (Wildman–Crippen MR) is 75.0 cm³/mol. The molecule has 0 spiro atoms. The van der Waals surface area contributed by atoms with Crippen LogP contribution in [0.1, 0.15) is 24.0 Å². The minimum atomic E-state index is -0.243. The van der Waals surface area contributed by atoms with Gasteiger partial charge in [0.05, 0.1) is 12.7 Å². The highest BCUT2D eigenvalue weighted by Crippen LogP contribution is 2.21. The zero-order chi connectivity index (χ0) is 13.1. The second kappa shape index (κ2) is 6.04. The highest BCUT2D eigenvalue weighted by atomic mass is 16.5. The predicted octanol–water partition coefficient (Wildman–Crippen LogP) is 1.83. The molecular weight excluding hydrogens is 238 g/mol. The van der Waals surface area contributed by atoms with Crippen LogP contribution in [0.3, 0.4) is 0 Å². The summed E-state index contributed by atoms with van der Waals surface area (Å²) in [6.07, 6.45) is 3.11. The first-order valence-corrected chi connectivity index (χ1v) is 7.38. The first-order valence-electron chi connectivity index (χ1n) is 7.38. The van der Waals surface area contributed by atoms with E-state index in [0.29, 0.717) is 5.92 Å². The van der Waals surface area contributed by atoms with Gasteiger partial charge in [-0.25, -0.2) is 0 Å². The van der Waals surface area contributed by atoms with Gasteiger partial charge in [0.15, 0.2) is 0 Å². The Morgan fingerprint density at radius 1 is 1.32 bits per heavy atom. The second-order valence-corrected chi connectivity index (χ2v) is 5.80. The Labute approximate surface area is 115 Å². The van der Waals surface area contributed by atoms with Crippen molar-refractivity contribution in [1.82, 2.24) is 4.90 Å². The average Bonchev–Trinajstić information content (AvgIpc) is 2.87. The van der Waals surface area contributed by atoms with Crippen LogP contribution in [-0.2, 0) is 17.7 Å². The zero-order valence-electron chi connectivity index (χ0n) is 11.4. The van der Waals surface area contributed by atoms with Gasteiger partial charge in [-0.15, -0.1) is 0 Å². The van der Waals surface area contributed by atoms with E-state index in [9.17, 15) is 5.11 Å². The monoisotopic (exact) mass is 261 g/mol. The van der Waals surface area contributed by atoms with Crippen molar-refractivity contribution in [1.29, 1.82) is 0 Å². The van der Waals surface area contributed by atoms with Crippen LogP contribution in [0.2, 0.25) is 0 Å². The fourth-order valence-corrected chi connectivity index (χ4v) is 3.19. The first kappa shape index (κ1) is 13.1. The van der Waals surface area contributed by atoms with Gasteiger partial charge in [-0.1, -0.05) is 24.3 Å². The summed E-state index contributed by atoms with van der Waals surface area (Å²) >= 11 is 0. The van der Waals surface area contributed by atoms with Crippen LogP contribution in [-0.4, -0.2) is 42.4 Å². The van der Waals surface area contributed by atoms with E-state index in [1.54, 1.807) is 0 Å². The number of rotatable bonds is 3. The lowest BCUT2D eigenvalue weighted by molar-refractivity contribution is 0.0539. The molecule has 0 radical (unpaired) electrons. The quantitative estimate of drug-likeness (QED) is 0.901. The van der Waals surface area contributed by atoms with Gasteiger partial charge in [-0.2, -0.15) is 0 Å². The normalized spacial score (nSPS) is 25.8. The van der Waals surface area contributed by atoms with Gasteiger partial charge in [0.25, 0.3) is 0 Å². The molecule has 0 aliphatic carbocycles. The molecule has 2 aliphatic rings. The summed E-state index contributed by atoms with van der Waals surface area (Å²) in [5, 5.41) is 10.3. The SMILES string of the molecule is OC(CN1CCCc2ccccc2C1)C1CCOC1. The van der Waals surface area contributed by atoms with Gasteiger partial charge in [-0.3, -0.25) is 4.90 Å². The summed E-state index contributed by atoms with van der Waals surface area (Å²) in [7, 11) is 0. The standard InChI is InChI=1S/C16H23NO2/c18-16(15-7-9-19-12-15)11-17-8-3-6-13-4-1-2-5-14(13)10-17/h1-2,4-5,15-16,18H,3,6-12H2. The number of ether oxygens (including phenoxy) is 1. The Hall–Kier alpha value is -0.900. The largest absolute Gasteiger partial charge is 0.391 e. The Balaban J connectivity index is 1.62. The van der Waals surface area contributed by atoms with E-state index in [4.69, 9.17) is 4.74 Å². The zero-order valence-corrected chi connectivity index (χ0v) is 11.4. The Bertz CT molecular complexity index is 415. The average molecular weight is 261 g/mol. The molecule has 2 unspecified atom stereocenters. The fraction of sp³-hybridized carbons (Fsp3) is 0.625. The molecule has 104 valence electrons. The summed E-state index contributed by atoms with van der Waals surface area (Å²) in [6.45, 7) is 4.37. The molecular formula is C16H23NO2. The van der Waals surface area contributed by atoms with Crippen LogP contribution in [0, 0.1) is 5.92 Å². The van der Waals surface area contributed by atoms with Crippen molar-refractivity contribution in [2.24, 2.45) is 5.92 Å². The van der Waals surface area contributed by atoms with E-state index in [-0.39, 0.29) is 6.10 Å².